The van der Waals surface area contributed by atoms with Crippen molar-refractivity contribution in [3.8, 4) is 0 Å². The van der Waals surface area contributed by atoms with E-state index in [0.717, 1.165) is 70.6 Å². The Bertz CT molecular complexity index is 1030. The molecule has 0 radical (unpaired) electrons. The van der Waals surface area contributed by atoms with Crippen LogP contribution in [-0.4, -0.2) is 37.2 Å². The fourth-order valence-electron chi connectivity index (χ4n) is 7.59. The summed E-state index contributed by atoms with van der Waals surface area (Å²) in [5.74, 6) is -0.884. The van der Waals surface area contributed by atoms with Crippen LogP contribution in [-0.2, 0) is 28.6 Å². The Morgan fingerprint density at radius 2 is 0.590 bits per heavy atom. The van der Waals surface area contributed by atoms with Gasteiger partial charge < -0.3 is 14.2 Å². The normalized spacial score (nSPS) is 12.2. The molecule has 0 fully saturated rings. The van der Waals surface area contributed by atoms with E-state index >= 15 is 0 Å². The largest absolute Gasteiger partial charge is 0.462 e. The van der Waals surface area contributed by atoms with Gasteiger partial charge in [-0.1, -0.05) is 218 Å². The van der Waals surface area contributed by atoms with Crippen LogP contribution < -0.4 is 0 Å². The minimum atomic E-state index is -0.773. The lowest BCUT2D eigenvalue weighted by Crippen LogP contribution is -2.30. The molecule has 1 atom stereocenters. The number of carbonyl (C=O) groups excluding carboxylic acids is 3. The van der Waals surface area contributed by atoms with Gasteiger partial charge in [0.1, 0.15) is 13.2 Å². The first kappa shape index (κ1) is 58.6. The Balaban J connectivity index is 4.24. The van der Waals surface area contributed by atoms with Crippen LogP contribution in [0.25, 0.3) is 0 Å². The number of hydrogen-bond donors (Lipinski definition) is 0. The Morgan fingerprint density at radius 3 is 0.934 bits per heavy atom. The van der Waals surface area contributed by atoms with Crippen molar-refractivity contribution >= 4 is 17.9 Å². The summed E-state index contributed by atoms with van der Waals surface area (Å²) in [4.78, 5) is 37.8. The molecule has 0 aromatic carbocycles. The van der Waals surface area contributed by atoms with Gasteiger partial charge in [-0.05, 0) is 77.0 Å². The van der Waals surface area contributed by atoms with Gasteiger partial charge in [0.15, 0.2) is 6.10 Å². The number of hydrogen-bond acceptors (Lipinski definition) is 6. The first-order valence-corrected chi connectivity index (χ1v) is 26.5. The number of unbranched alkanes of at least 4 members (excludes halogenated alkanes) is 31. The molecule has 0 heterocycles. The van der Waals surface area contributed by atoms with Crippen LogP contribution in [0.2, 0.25) is 0 Å². The summed E-state index contributed by atoms with van der Waals surface area (Å²) in [6.07, 6.45) is 58.6. The van der Waals surface area contributed by atoms with Crippen molar-refractivity contribution < 1.29 is 28.6 Å². The average molecular weight is 857 g/mol. The molecule has 0 saturated carbocycles. The number of rotatable bonds is 48. The second kappa shape index (κ2) is 50.3. The van der Waals surface area contributed by atoms with Gasteiger partial charge in [0.2, 0.25) is 0 Å². The highest BCUT2D eigenvalue weighted by atomic mass is 16.6. The Kier molecular flexibility index (Phi) is 48.3. The first-order valence-electron chi connectivity index (χ1n) is 26.5. The van der Waals surface area contributed by atoms with E-state index in [4.69, 9.17) is 14.2 Å². The fraction of sp³-hybridized carbons (Fsp3) is 0.836. The van der Waals surface area contributed by atoms with Gasteiger partial charge in [-0.3, -0.25) is 14.4 Å². The highest BCUT2D eigenvalue weighted by Gasteiger charge is 2.19. The Hall–Kier alpha value is -2.37. The zero-order chi connectivity index (χ0) is 44.4. The molecule has 0 N–H and O–H groups in total. The minimum Gasteiger partial charge on any atom is -0.462 e. The van der Waals surface area contributed by atoms with Gasteiger partial charge in [0, 0.05) is 19.3 Å². The van der Waals surface area contributed by atoms with Gasteiger partial charge >= 0.3 is 17.9 Å². The van der Waals surface area contributed by atoms with Gasteiger partial charge in [-0.2, -0.15) is 0 Å². The first-order chi connectivity index (χ1) is 30.0. The summed E-state index contributed by atoms with van der Waals surface area (Å²) in [5, 5.41) is 0. The van der Waals surface area contributed by atoms with Crippen LogP contribution in [0, 0.1) is 0 Å². The molecule has 0 amide bonds. The van der Waals surface area contributed by atoms with Crippen LogP contribution in [0.15, 0.2) is 36.5 Å². The van der Waals surface area contributed by atoms with Gasteiger partial charge in [0.25, 0.3) is 0 Å². The van der Waals surface area contributed by atoms with Crippen molar-refractivity contribution in [3.63, 3.8) is 0 Å². The molecule has 0 aliphatic heterocycles. The zero-order valence-electron chi connectivity index (χ0n) is 40.7. The molecule has 0 rings (SSSR count). The molecular formula is C55H100O6. The van der Waals surface area contributed by atoms with E-state index < -0.39 is 6.10 Å². The quantitative estimate of drug-likeness (QED) is 0.0262. The lowest BCUT2D eigenvalue weighted by molar-refractivity contribution is -0.167. The summed E-state index contributed by atoms with van der Waals surface area (Å²) in [6.45, 7) is 6.59. The highest BCUT2D eigenvalue weighted by molar-refractivity contribution is 5.71. The molecule has 0 aromatic heterocycles. The SMILES string of the molecule is CCCCCC/C=C\C/C=C\CCCCCCCCCC(=O)OCC(COC(=O)CCCCCCCCC)OC(=O)CCCCCCCCC/C=C\CCCCCCCCC. The van der Waals surface area contributed by atoms with Crippen molar-refractivity contribution in [3.05, 3.63) is 36.5 Å². The Labute approximate surface area is 378 Å². The van der Waals surface area contributed by atoms with E-state index in [9.17, 15) is 14.4 Å². The molecule has 6 nitrogen and oxygen atoms in total. The molecule has 0 bridgehead atoms. The summed E-state index contributed by atoms with van der Waals surface area (Å²) in [7, 11) is 0. The number of allylic oxidation sites excluding steroid dienone is 6. The molecular weight excluding hydrogens is 757 g/mol. The van der Waals surface area contributed by atoms with Gasteiger partial charge in [-0.25, -0.2) is 0 Å². The molecule has 356 valence electrons. The third kappa shape index (κ3) is 48.5. The second-order valence-corrected chi connectivity index (χ2v) is 17.8. The average Bonchev–Trinajstić information content (AvgIpc) is 3.26. The predicted octanol–water partition coefficient (Wildman–Crippen LogP) is 17.3. The van der Waals surface area contributed by atoms with Crippen LogP contribution in [0.5, 0.6) is 0 Å². The third-order valence-corrected chi connectivity index (χ3v) is 11.6. The molecule has 0 saturated heterocycles. The van der Waals surface area contributed by atoms with Crippen molar-refractivity contribution in [2.75, 3.05) is 13.2 Å². The number of esters is 3. The molecule has 1 unspecified atom stereocenters. The molecule has 0 aliphatic rings. The van der Waals surface area contributed by atoms with Crippen LogP contribution in [0.4, 0.5) is 0 Å². The van der Waals surface area contributed by atoms with E-state index in [-0.39, 0.29) is 31.1 Å². The number of carbonyl (C=O) groups is 3. The van der Waals surface area contributed by atoms with Gasteiger partial charge in [-0.15, -0.1) is 0 Å². The van der Waals surface area contributed by atoms with Crippen LogP contribution in [0.3, 0.4) is 0 Å². The zero-order valence-corrected chi connectivity index (χ0v) is 40.7. The highest BCUT2D eigenvalue weighted by Crippen LogP contribution is 2.15. The number of ether oxygens (including phenoxy) is 3. The molecule has 0 aromatic rings. The minimum absolute atomic E-state index is 0.0747. The maximum absolute atomic E-state index is 12.8. The second-order valence-electron chi connectivity index (χ2n) is 17.8. The smallest absolute Gasteiger partial charge is 0.306 e. The summed E-state index contributed by atoms with van der Waals surface area (Å²) in [6, 6.07) is 0. The maximum atomic E-state index is 12.8. The molecule has 6 heteroatoms. The van der Waals surface area contributed by atoms with Crippen molar-refractivity contribution in [1.82, 2.24) is 0 Å². The van der Waals surface area contributed by atoms with Crippen LogP contribution in [0.1, 0.15) is 278 Å². The topological polar surface area (TPSA) is 78.9 Å². The summed E-state index contributed by atoms with van der Waals surface area (Å²) < 4.78 is 16.7. The van der Waals surface area contributed by atoms with E-state index in [1.165, 1.54) is 167 Å². The van der Waals surface area contributed by atoms with E-state index in [1.807, 2.05) is 0 Å². The standard InChI is InChI=1S/C55H100O6/c1-4-7-10-13-16-18-20-22-24-26-28-30-32-34-36-39-42-45-48-54(57)60-51-52(50-59-53(56)47-44-41-38-15-12-9-6-3)61-55(58)49-46-43-40-37-35-33-31-29-27-25-23-21-19-17-14-11-8-5-2/h18,20,24-27,52H,4-17,19,21-23,28-51H2,1-3H3/b20-18-,26-24-,27-25-. The maximum Gasteiger partial charge on any atom is 0.306 e. The molecule has 0 spiro atoms. The van der Waals surface area contributed by atoms with Crippen molar-refractivity contribution in [2.24, 2.45) is 0 Å². The van der Waals surface area contributed by atoms with Gasteiger partial charge in [0.05, 0.1) is 0 Å². The van der Waals surface area contributed by atoms with Crippen molar-refractivity contribution in [2.45, 2.75) is 284 Å². The van der Waals surface area contributed by atoms with Crippen LogP contribution >= 0.6 is 0 Å². The van der Waals surface area contributed by atoms with E-state index in [2.05, 4.69) is 57.2 Å². The van der Waals surface area contributed by atoms with Crippen molar-refractivity contribution in [1.29, 1.82) is 0 Å². The monoisotopic (exact) mass is 857 g/mol. The molecule has 61 heavy (non-hydrogen) atoms. The predicted molar refractivity (Wildman–Crippen MR) is 261 cm³/mol. The van der Waals surface area contributed by atoms with E-state index in [1.54, 1.807) is 0 Å². The third-order valence-electron chi connectivity index (χ3n) is 11.6. The lowest BCUT2D eigenvalue weighted by Gasteiger charge is -2.18. The van der Waals surface area contributed by atoms with E-state index in [0.29, 0.717) is 19.3 Å². The fourth-order valence-corrected chi connectivity index (χ4v) is 7.59. The lowest BCUT2D eigenvalue weighted by atomic mass is 10.1. The molecule has 0 aliphatic carbocycles. The summed E-state index contributed by atoms with van der Waals surface area (Å²) in [5.41, 5.74) is 0. The summed E-state index contributed by atoms with van der Waals surface area (Å²) >= 11 is 0. The Morgan fingerprint density at radius 1 is 0.328 bits per heavy atom.